The van der Waals surface area contributed by atoms with Gasteiger partial charge in [0.05, 0.1) is 18.6 Å². The van der Waals surface area contributed by atoms with E-state index in [2.05, 4.69) is 5.32 Å². The minimum absolute atomic E-state index is 0.0772. The van der Waals surface area contributed by atoms with Crippen LogP contribution in [0.5, 0.6) is 5.75 Å². The number of carbonyl (C=O) groups excluding carboxylic acids is 1. The summed E-state index contributed by atoms with van der Waals surface area (Å²) in [6.45, 7) is 0. The summed E-state index contributed by atoms with van der Waals surface area (Å²) in [5.74, 6) is 0.119. The Kier molecular flexibility index (Phi) is 4.20. The van der Waals surface area contributed by atoms with Gasteiger partial charge in [-0.3, -0.25) is 4.79 Å². The fourth-order valence-electron chi connectivity index (χ4n) is 2.34. The third-order valence-corrected chi connectivity index (χ3v) is 3.38. The standard InChI is InChI=1S/C14H19NO3/c16-11-7-5-10(6-8-11)9-14(18)15-12-3-1-2-4-13(12)17/h5-8,12-13,16-17H,1-4,9H2,(H,15,18)/t12-,13-/m1/s1. The fourth-order valence-corrected chi connectivity index (χ4v) is 2.34. The summed E-state index contributed by atoms with van der Waals surface area (Å²) >= 11 is 0. The van der Waals surface area contributed by atoms with Gasteiger partial charge in [-0.15, -0.1) is 0 Å². The van der Waals surface area contributed by atoms with Crippen molar-refractivity contribution >= 4 is 5.91 Å². The number of phenolic OH excluding ortho intramolecular Hbond substituents is 1. The average Bonchev–Trinajstić information content (AvgIpc) is 2.35. The monoisotopic (exact) mass is 249 g/mol. The molecule has 18 heavy (non-hydrogen) atoms. The molecule has 3 N–H and O–H groups in total. The van der Waals surface area contributed by atoms with Crippen LogP contribution >= 0.6 is 0 Å². The number of nitrogens with one attached hydrogen (secondary N) is 1. The number of benzene rings is 1. The quantitative estimate of drug-likeness (QED) is 0.757. The molecule has 0 aromatic heterocycles. The van der Waals surface area contributed by atoms with Crippen molar-refractivity contribution in [1.82, 2.24) is 5.32 Å². The van der Waals surface area contributed by atoms with E-state index in [-0.39, 0.29) is 24.1 Å². The van der Waals surface area contributed by atoms with Crippen molar-refractivity contribution in [2.24, 2.45) is 0 Å². The van der Waals surface area contributed by atoms with Gasteiger partial charge in [-0.1, -0.05) is 25.0 Å². The van der Waals surface area contributed by atoms with E-state index in [0.717, 1.165) is 31.2 Å². The molecule has 4 heteroatoms. The van der Waals surface area contributed by atoms with Crippen LogP contribution < -0.4 is 5.32 Å². The highest BCUT2D eigenvalue weighted by molar-refractivity contribution is 5.79. The lowest BCUT2D eigenvalue weighted by molar-refractivity contribution is -0.122. The van der Waals surface area contributed by atoms with Gasteiger partial charge >= 0.3 is 0 Å². The molecule has 1 fully saturated rings. The molecule has 0 saturated heterocycles. The Morgan fingerprint density at radius 3 is 2.56 bits per heavy atom. The minimum atomic E-state index is -0.414. The highest BCUT2D eigenvalue weighted by atomic mass is 16.3. The first-order valence-electron chi connectivity index (χ1n) is 6.40. The molecule has 1 aliphatic carbocycles. The van der Waals surface area contributed by atoms with Crippen molar-refractivity contribution in [3.63, 3.8) is 0 Å². The second kappa shape index (κ2) is 5.87. The lowest BCUT2D eigenvalue weighted by Crippen LogP contribution is -2.45. The Labute approximate surface area is 107 Å². The van der Waals surface area contributed by atoms with Gasteiger partial charge in [-0.25, -0.2) is 0 Å². The van der Waals surface area contributed by atoms with Crippen LogP contribution in [0.3, 0.4) is 0 Å². The summed E-state index contributed by atoms with van der Waals surface area (Å²) in [6.07, 6.45) is 3.57. The van der Waals surface area contributed by atoms with Gasteiger partial charge in [0.25, 0.3) is 0 Å². The highest BCUT2D eigenvalue weighted by Crippen LogP contribution is 2.18. The summed E-state index contributed by atoms with van der Waals surface area (Å²) in [6, 6.07) is 6.48. The van der Waals surface area contributed by atoms with E-state index in [1.165, 1.54) is 0 Å². The summed E-state index contributed by atoms with van der Waals surface area (Å²) in [4.78, 5) is 11.8. The van der Waals surface area contributed by atoms with Gasteiger partial charge in [-0.05, 0) is 30.5 Å². The summed E-state index contributed by atoms with van der Waals surface area (Å²) < 4.78 is 0. The molecule has 0 spiro atoms. The van der Waals surface area contributed by atoms with Gasteiger partial charge in [0.15, 0.2) is 0 Å². The Bertz CT molecular complexity index is 402. The number of aliphatic hydroxyl groups is 1. The van der Waals surface area contributed by atoms with Gasteiger partial charge < -0.3 is 15.5 Å². The summed E-state index contributed by atoms with van der Waals surface area (Å²) in [7, 11) is 0. The molecule has 1 aliphatic rings. The Morgan fingerprint density at radius 1 is 1.22 bits per heavy atom. The first kappa shape index (κ1) is 12.9. The van der Waals surface area contributed by atoms with Crippen molar-refractivity contribution in [2.75, 3.05) is 0 Å². The fraction of sp³-hybridized carbons (Fsp3) is 0.500. The van der Waals surface area contributed by atoms with Gasteiger partial charge in [0.1, 0.15) is 5.75 Å². The van der Waals surface area contributed by atoms with E-state index >= 15 is 0 Å². The van der Waals surface area contributed by atoms with E-state index in [9.17, 15) is 9.90 Å². The SMILES string of the molecule is O=C(Cc1ccc(O)cc1)N[C@@H]1CCCC[C@H]1O. The van der Waals surface area contributed by atoms with Crippen LogP contribution in [-0.2, 0) is 11.2 Å². The topological polar surface area (TPSA) is 69.6 Å². The van der Waals surface area contributed by atoms with Gasteiger partial charge in [0, 0.05) is 0 Å². The number of carbonyl (C=O) groups is 1. The number of amides is 1. The van der Waals surface area contributed by atoms with Crippen LogP contribution in [0.15, 0.2) is 24.3 Å². The molecule has 1 amide bonds. The molecular formula is C14H19NO3. The van der Waals surface area contributed by atoms with Crippen molar-refractivity contribution in [3.8, 4) is 5.75 Å². The molecule has 1 aromatic rings. The number of aliphatic hydroxyl groups excluding tert-OH is 1. The zero-order valence-electron chi connectivity index (χ0n) is 10.3. The Balaban J connectivity index is 1.86. The van der Waals surface area contributed by atoms with Gasteiger partial charge in [-0.2, -0.15) is 0 Å². The molecule has 0 aliphatic heterocycles. The zero-order chi connectivity index (χ0) is 13.0. The lowest BCUT2D eigenvalue weighted by atomic mass is 9.92. The highest BCUT2D eigenvalue weighted by Gasteiger charge is 2.24. The molecule has 98 valence electrons. The first-order chi connectivity index (χ1) is 8.65. The number of hydrogen-bond acceptors (Lipinski definition) is 3. The van der Waals surface area contributed by atoms with Crippen LogP contribution in [0.1, 0.15) is 31.2 Å². The molecule has 1 aromatic carbocycles. The maximum absolute atomic E-state index is 11.8. The summed E-state index contributed by atoms with van der Waals surface area (Å²) in [5.41, 5.74) is 0.857. The molecule has 0 unspecified atom stereocenters. The first-order valence-corrected chi connectivity index (χ1v) is 6.40. The number of hydrogen-bond donors (Lipinski definition) is 3. The predicted molar refractivity (Wildman–Crippen MR) is 68.2 cm³/mol. The molecule has 0 heterocycles. The Morgan fingerprint density at radius 2 is 1.89 bits per heavy atom. The predicted octanol–water partition coefficient (Wildman–Crippen LogP) is 1.35. The minimum Gasteiger partial charge on any atom is -0.508 e. The van der Waals surface area contributed by atoms with Crippen molar-refractivity contribution in [1.29, 1.82) is 0 Å². The van der Waals surface area contributed by atoms with E-state index in [0.29, 0.717) is 0 Å². The maximum atomic E-state index is 11.8. The van der Waals surface area contributed by atoms with Crippen LogP contribution in [0.4, 0.5) is 0 Å². The molecular weight excluding hydrogens is 230 g/mol. The van der Waals surface area contributed by atoms with Crippen molar-refractivity contribution in [3.05, 3.63) is 29.8 Å². The van der Waals surface area contributed by atoms with Crippen LogP contribution in [0, 0.1) is 0 Å². The largest absolute Gasteiger partial charge is 0.508 e. The lowest BCUT2D eigenvalue weighted by Gasteiger charge is -2.28. The Hall–Kier alpha value is -1.55. The van der Waals surface area contributed by atoms with Crippen molar-refractivity contribution in [2.45, 2.75) is 44.2 Å². The second-order valence-electron chi connectivity index (χ2n) is 4.87. The summed E-state index contributed by atoms with van der Waals surface area (Å²) in [5, 5.41) is 21.8. The third kappa shape index (κ3) is 3.47. The van der Waals surface area contributed by atoms with Crippen LogP contribution in [-0.4, -0.2) is 28.3 Å². The zero-order valence-corrected chi connectivity index (χ0v) is 10.3. The second-order valence-corrected chi connectivity index (χ2v) is 4.87. The van der Waals surface area contributed by atoms with Crippen molar-refractivity contribution < 1.29 is 15.0 Å². The number of aromatic hydroxyl groups is 1. The van der Waals surface area contributed by atoms with Crippen LogP contribution in [0.25, 0.3) is 0 Å². The van der Waals surface area contributed by atoms with E-state index in [1.54, 1.807) is 24.3 Å². The average molecular weight is 249 g/mol. The molecule has 0 bridgehead atoms. The molecule has 1 saturated carbocycles. The van der Waals surface area contributed by atoms with Crippen LogP contribution in [0.2, 0.25) is 0 Å². The number of phenols is 1. The van der Waals surface area contributed by atoms with E-state index in [1.807, 2.05) is 0 Å². The number of rotatable bonds is 3. The maximum Gasteiger partial charge on any atom is 0.224 e. The smallest absolute Gasteiger partial charge is 0.224 e. The molecule has 2 rings (SSSR count). The molecule has 4 nitrogen and oxygen atoms in total. The van der Waals surface area contributed by atoms with Gasteiger partial charge in [0.2, 0.25) is 5.91 Å². The molecule has 2 atom stereocenters. The van der Waals surface area contributed by atoms with E-state index in [4.69, 9.17) is 5.11 Å². The van der Waals surface area contributed by atoms with E-state index < -0.39 is 6.10 Å². The molecule has 0 radical (unpaired) electrons. The normalized spacial score (nSPS) is 23.6. The third-order valence-electron chi connectivity index (χ3n) is 3.38.